The van der Waals surface area contributed by atoms with Gasteiger partial charge in [0.15, 0.2) is 0 Å². The van der Waals surface area contributed by atoms with Gasteiger partial charge in [0.2, 0.25) is 0 Å². The van der Waals surface area contributed by atoms with Crippen LogP contribution in [0.15, 0.2) is 18.2 Å². The first-order valence-corrected chi connectivity index (χ1v) is 6.94. The third-order valence-electron chi connectivity index (χ3n) is 4.10. The van der Waals surface area contributed by atoms with Crippen LogP contribution in [0.2, 0.25) is 0 Å². The molecule has 1 fully saturated rings. The average molecular weight is 274 g/mol. The summed E-state index contributed by atoms with van der Waals surface area (Å²) in [5.74, 6) is -0.931. The van der Waals surface area contributed by atoms with Gasteiger partial charge in [-0.3, -0.25) is 4.90 Å². The molecule has 1 aliphatic carbocycles. The van der Waals surface area contributed by atoms with Crippen LogP contribution in [0.25, 0.3) is 0 Å². The second-order valence-corrected chi connectivity index (χ2v) is 5.89. The number of anilines is 1. The number of aromatic carboxylic acids is 1. The van der Waals surface area contributed by atoms with E-state index in [4.69, 9.17) is 5.11 Å². The number of aryl methyl sites for hydroxylation is 1. The van der Waals surface area contributed by atoms with Crippen LogP contribution in [0.4, 0.5) is 10.5 Å². The zero-order valence-electron chi connectivity index (χ0n) is 11.5. The summed E-state index contributed by atoms with van der Waals surface area (Å²) in [7, 11) is 0. The minimum atomic E-state index is -0.931. The number of rotatable bonds is 2. The van der Waals surface area contributed by atoms with Gasteiger partial charge >= 0.3 is 12.0 Å². The van der Waals surface area contributed by atoms with Gasteiger partial charge in [-0.25, -0.2) is 9.59 Å². The van der Waals surface area contributed by atoms with Crippen LogP contribution in [0.3, 0.4) is 0 Å². The first kappa shape index (κ1) is 13.0. The lowest BCUT2D eigenvalue weighted by Gasteiger charge is -2.31. The topological polar surface area (TPSA) is 69.6 Å². The summed E-state index contributed by atoms with van der Waals surface area (Å²) in [6.45, 7) is 2.73. The fourth-order valence-electron chi connectivity index (χ4n) is 2.58. The second kappa shape index (κ2) is 4.51. The number of amides is 2. The van der Waals surface area contributed by atoms with Gasteiger partial charge in [0.05, 0.1) is 5.56 Å². The molecule has 0 aromatic heterocycles. The molecule has 0 atom stereocenters. The van der Waals surface area contributed by atoms with Gasteiger partial charge in [-0.05, 0) is 56.4 Å². The van der Waals surface area contributed by atoms with Crippen molar-refractivity contribution in [1.82, 2.24) is 5.32 Å². The predicted molar refractivity (Wildman–Crippen MR) is 75.2 cm³/mol. The van der Waals surface area contributed by atoms with Crippen LogP contribution >= 0.6 is 0 Å². The van der Waals surface area contributed by atoms with Crippen LogP contribution in [0, 0.1) is 0 Å². The van der Waals surface area contributed by atoms with Crippen LogP contribution in [0.1, 0.15) is 42.1 Å². The minimum absolute atomic E-state index is 0.0459. The van der Waals surface area contributed by atoms with E-state index in [-0.39, 0.29) is 17.1 Å². The number of carbonyl (C=O) groups excluding carboxylic acids is 1. The summed E-state index contributed by atoms with van der Waals surface area (Å²) >= 11 is 0. The molecule has 1 aromatic rings. The number of carbonyl (C=O) groups is 2. The van der Waals surface area contributed by atoms with Crippen molar-refractivity contribution in [3.8, 4) is 0 Å². The van der Waals surface area contributed by atoms with E-state index >= 15 is 0 Å². The van der Waals surface area contributed by atoms with Crippen molar-refractivity contribution >= 4 is 17.7 Å². The fraction of sp³-hybridized carbons (Fsp3) is 0.467. The number of benzene rings is 1. The van der Waals surface area contributed by atoms with Gasteiger partial charge in [0.25, 0.3) is 0 Å². The molecule has 2 aliphatic rings. The van der Waals surface area contributed by atoms with Gasteiger partial charge in [-0.15, -0.1) is 0 Å². The van der Waals surface area contributed by atoms with Gasteiger partial charge in [-0.1, -0.05) is 0 Å². The molecule has 1 heterocycles. The Balaban J connectivity index is 1.86. The molecule has 0 saturated heterocycles. The average Bonchev–Trinajstić information content (AvgIpc) is 3.14. The lowest BCUT2D eigenvalue weighted by molar-refractivity contribution is 0.0696. The zero-order chi connectivity index (χ0) is 14.3. The van der Waals surface area contributed by atoms with Crippen molar-refractivity contribution in [2.24, 2.45) is 0 Å². The van der Waals surface area contributed by atoms with E-state index in [9.17, 15) is 9.59 Å². The quantitative estimate of drug-likeness (QED) is 0.870. The molecule has 2 amide bonds. The van der Waals surface area contributed by atoms with E-state index in [0.717, 1.165) is 36.9 Å². The molecule has 0 radical (unpaired) electrons. The first-order chi connectivity index (χ1) is 9.48. The lowest BCUT2D eigenvalue weighted by Crippen LogP contribution is -2.47. The Morgan fingerprint density at radius 3 is 2.75 bits per heavy atom. The van der Waals surface area contributed by atoms with E-state index in [1.165, 1.54) is 0 Å². The maximum absolute atomic E-state index is 12.3. The first-order valence-electron chi connectivity index (χ1n) is 6.94. The molecule has 5 heteroatoms. The second-order valence-electron chi connectivity index (χ2n) is 5.89. The van der Waals surface area contributed by atoms with E-state index in [2.05, 4.69) is 5.32 Å². The molecule has 1 saturated carbocycles. The van der Waals surface area contributed by atoms with Crippen molar-refractivity contribution in [3.05, 3.63) is 29.3 Å². The summed E-state index contributed by atoms with van der Waals surface area (Å²) in [5, 5.41) is 12.1. The van der Waals surface area contributed by atoms with E-state index < -0.39 is 5.97 Å². The normalized spacial score (nSPS) is 19.1. The zero-order valence-corrected chi connectivity index (χ0v) is 11.5. The molecule has 3 rings (SSSR count). The highest BCUT2D eigenvalue weighted by atomic mass is 16.4. The molecule has 0 bridgehead atoms. The number of hydrogen-bond donors (Lipinski definition) is 2. The molecule has 1 aliphatic heterocycles. The molecule has 5 nitrogen and oxygen atoms in total. The van der Waals surface area contributed by atoms with Crippen molar-refractivity contribution in [2.75, 3.05) is 11.4 Å². The maximum atomic E-state index is 12.3. The van der Waals surface area contributed by atoms with Gasteiger partial charge in [0.1, 0.15) is 0 Å². The number of nitrogens with one attached hydrogen (secondary N) is 1. The Hall–Kier alpha value is -2.04. The Kier molecular flexibility index (Phi) is 2.92. The molecular weight excluding hydrogens is 256 g/mol. The van der Waals surface area contributed by atoms with Crippen molar-refractivity contribution in [3.63, 3.8) is 0 Å². The molecular formula is C15H18N2O3. The Bertz CT molecular complexity index is 578. The van der Waals surface area contributed by atoms with Crippen molar-refractivity contribution in [1.29, 1.82) is 0 Å². The smallest absolute Gasteiger partial charge is 0.335 e. The van der Waals surface area contributed by atoms with Crippen LogP contribution in [-0.2, 0) is 6.42 Å². The monoisotopic (exact) mass is 274 g/mol. The highest BCUT2D eigenvalue weighted by Gasteiger charge is 2.40. The number of fused-ring (bicyclic) bond motifs is 1. The predicted octanol–water partition coefficient (Wildman–Crippen LogP) is 2.40. The molecule has 1 aromatic carbocycles. The summed E-state index contributed by atoms with van der Waals surface area (Å²) in [4.78, 5) is 25.1. The van der Waals surface area contributed by atoms with Gasteiger partial charge < -0.3 is 10.4 Å². The summed E-state index contributed by atoms with van der Waals surface area (Å²) in [5.41, 5.74) is 2.01. The minimum Gasteiger partial charge on any atom is -0.478 e. The fourth-order valence-corrected chi connectivity index (χ4v) is 2.58. The molecule has 20 heavy (non-hydrogen) atoms. The van der Waals surface area contributed by atoms with Gasteiger partial charge in [0, 0.05) is 17.8 Å². The molecule has 2 N–H and O–H groups in total. The number of carboxylic acids is 1. The van der Waals surface area contributed by atoms with E-state index in [0.29, 0.717) is 6.54 Å². The van der Waals surface area contributed by atoms with Crippen molar-refractivity contribution in [2.45, 2.75) is 38.1 Å². The molecule has 0 unspecified atom stereocenters. The van der Waals surface area contributed by atoms with E-state index in [1.54, 1.807) is 23.1 Å². The summed E-state index contributed by atoms with van der Waals surface area (Å²) in [6.07, 6.45) is 3.73. The largest absolute Gasteiger partial charge is 0.478 e. The third kappa shape index (κ3) is 2.35. The highest BCUT2D eigenvalue weighted by Crippen LogP contribution is 2.35. The maximum Gasteiger partial charge on any atom is 0.335 e. The molecule has 106 valence electrons. The van der Waals surface area contributed by atoms with Crippen LogP contribution in [0.5, 0.6) is 0 Å². The van der Waals surface area contributed by atoms with Crippen LogP contribution < -0.4 is 10.2 Å². The number of urea groups is 1. The van der Waals surface area contributed by atoms with Crippen molar-refractivity contribution < 1.29 is 14.7 Å². The number of hydrogen-bond acceptors (Lipinski definition) is 2. The third-order valence-corrected chi connectivity index (χ3v) is 4.10. The highest BCUT2D eigenvalue weighted by molar-refractivity contribution is 5.95. The standard InChI is InChI=1S/C15H18N2O3/c1-15(6-7-15)16-14(20)17-8-2-3-10-9-11(13(18)19)4-5-12(10)17/h4-5,9H,2-3,6-8H2,1H3,(H,16,20)(H,18,19). The Morgan fingerprint density at radius 1 is 1.35 bits per heavy atom. The lowest BCUT2D eigenvalue weighted by atomic mass is 9.99. The summed E-state index contributed by atoms with van der Waals surface area (Å²) in [6, 6.07) is 4.91. The number of carboxylic acid groups (broad SMARTS) is 1. The summed E-state index contributed by atoms with van der Waals surface area (Å²) < 4.78 is 0. The van der Waals surface area contributed by atoms with Gasteiger partial charge in [-0.2, -0.15) is 0 Å². The number of nitrogens with zero attached hydrogens (tertiary/aromatic N) is 1. The Labute approximate surface area is 117 Å². The Morgan fingerprint density at radius 2 is 2.10 bits per heavy atom. The van der Waals surface area contributed by atoms with Crippen LogP contribution in [-0.4, -0.2) is 29.2 Å². The molecule has 0 spiro atoms. The van der Waals surface area contributed by atoms with E-state index in [1.807, 2.05) is 6.92 Å². The SMILES string of the molecule is CC1(NC(=O)N2CCCc3cc(C(=O)O)ccc32)CC1.